The van der Waals surface area contributed by atoms with Gasteiger partial charge >= 0.3 is 0 Å². The Labute approximate surface area is 158 Å². The zero-order valence-corrected chi connectivity index (χ0v) is 15.7. The molecule has 1 aliphatic heterocycles. The minimum atomic E-state index is 0.545. The SMILES string of the molecule is CNc1cc(C)nc(Nc2ccc(OC)c(-c3cn4c(n3)CNCC4)c2)n1. The predicted octanol–water partition coefficient (Wildman–Crippen LogP) is 2.55. The maximum absolute atomic E-state index is 5.56. The largest absolute Gasteiger partial charge is 0.496 e. The van der Waals surface area contributed by atoms with Crippen LogP contribution in [0.1, 0.15) is 11.5 Å². The van der Waals surface area contributed by atoms with E-state index in [1.165, 1.54) is 0 Å². The van der Waals surface area contributed by atoms with Gasteiger partial charge in [0.2, 0.25) is 5.95 Å². The van der Waals surface area contributed by atoms with Gasteiger partial charge in [-0.15, -0.1) is 0 Å². The molecule has 3 N–H and O–H groups in total. The van der Waals surface area contributed by atoms with Crippen LogP contribution in [0.3, 0.4) is 0 Å². The van der Waals surface area contributed by atoms with Gasteiger partial charge in [-0.3, -0.25) is 0 Å². The zero-order chi connectivity index (χ0) is 18.8. The molecule has 27 heavy (non-hydrogen) atoms. The second-order valence-electron chi connectivity index (χ2n) is 6.42. The molecule has 3 heterocycles. The first-order valence-electron chi connectivity index (χ1n) is 8.92. The minimum absolute atomic E-state index is 0.545. The minimum Gasteiger partial charge on any atom is -0.496 e. The first-order chi connectivity index (χ1) is 13.2. The highest BCUT2D eigenvalue weighted by Gasteiger charge is 2.16. The number of methoxy groups -OCH3 is 1. The van der Waals surface area contributed by atoms with Crippen LogP contribution in [0, 0.1) is 6.92 Å². The summed E-state index contributed by atoms with van der Waals surface area (Å²) in [5.74, 6) is 3.14. The molecule has 0 fully saturated rings. The third-order valence-corrected chi connectivity index (χ3v) is 4.51. The molecule has 0 unspecified atom stereocenters. The van der Waals surface area contributed by atoms with E-state index >= 15 is 0 Å². The molecule has 0 bridgehead atoms. The Morgan fingerprint density at radius 1 is 1.19 bits per heavy atom. The molecule has 0 radical (unpaired) electrons. The monoisotopic (exact) mass is 365 g/mol. The fraction of sp³-hybridized carbons (Fsp3) is 0.316. The Kier molecular flexibility index (Phi) is 4.64. The number of anilines is 3. The molecule has 0 atom stereocenters. The molecule has 8 heteroatoms. The van der Waals surface area contributed by atoms with Crippen LogP contribution in [0.25, 0.3) is 11.3 Å². The van der Waals surface area contributed by atoms with Crippen LogP contribution < -0.4 is 20.7 Å². The molecular formula is C19H23N7O. The van der Waals surface area contributed by atoms with E-state index < -0.39 is 0 Å². The lowest BCUT2D eigenvalue weighted by molar-refractivity contribution is 0.416. The van der Waals surface area contributed by atoms with Crippen LogP contribution >= 0.6 is 0 Å². The van der Waals surface area contributed by atoms with Crippen LogP contribution in [-0.2, 0) is 13.1 Å². The fourth-order valence-electron chi connectivity index (χ4n) is 3.19. The van der Waals surface area contributed by atoms with Gasteiger partial charge in [0.15, 0.2) is 0 Å². The summed E-state index contributed by atoms with van der Waals surface area (Å²) in [7, 11) is 3.51. The van der Waals surface area contributed by atoms with Crippen molar-refractivity contribution in [3.63, 3.8) is 0 Å². The topological polar surface area (TPSA) is 88.9 Å². The summed E-state index contributed by atoms with van der Waals surface area (Å²) in [6.07, 6.45) is 2.08. The summed E-state index contributed by atoms with van der Waals surface area (Å²) in [6.45, 7) is 4.60. The lowest BCUT2D eigenvalue weighted by atomic mass is 10.1. The van der Waals surface area contributed by atoms with Crippen molar-refractivity contribution in [3.8, 4) is 17.0 Å². The maximum Gasteiger partial charge on any atom is 0.229 e. The van der Waals surface area contributed by atoms with Crippen molar-refractivity contribution in [1.82, 2.24) is 24.8 Å². The molecule has 0 aliphatic carbocycles. The van der Waals surface area contributed by atoms with Gasteiger partial charge in [-0.05, 0) is 25.1 Å². The first-order valence-corrected chi connectivity index (χ1v) is 8.92. The Hall–Kier alpha value is -3.13. The smallest absolute Gasteiger partial charge is 0.229 e. The molecule has 0 amide bonds. The van der Waals surface area contributed by atoms with E-state index in [-0.39, 0.29) is 0 Å². The second kappa shape index (κ2) is 7.24. The van der Waals surface area contributed by atoms with Crippen LogP contribution in [0.15, 0.2) is 30.5 Å². The van der Waals surface area contributed by atoms with Gasteiger partial charge in [-0.1, -0.05) is 0 Å². The quantitative estimate of drug-likeness (QED) is 0.640. The lowest BCUT2D eigenvalue weighted by Crippen LogP contribution is -2.27. The number of hydrogen-bond donors (Lipinski definition) is 3. The Balaban J connectivity index is 1.69. The predicted molar refractivity (Wildman–Crippen MR) is 106 cm³/mol. The number of fused-ring (bicyclic) bond motifs is 1. The van der Waals surface area contributed by atoms with E-state index in [9.17, 15) is 0 Å². The number of ether oxygens (including phenoxy) is 1. The van der Waals surface area contributed by atoms with E-state index in [0.29, 0.717) is 5.95 Å². The van der Waals surface area contributed by atoms with E-state index in [2.05, 4.69) is 36.7 Å². The van der Waals surface area contributed by atoms with Crippen LogP contribution in [0.4, 0.5) is 17.5 Å². The van der Waals surface area contributed by atoms with Crippen molar-refractivity contribution >= 4 is 17.5 Å². The normalized spacial score (nSPS) is 13.1. The van der Waals surface area contributed by atoms with E-state index in [4.69, 9.17) is 9.72 Å². The first kappa shape index (κ1) is 17.3. The maximum atomic E-state index is 5.56. The molecule has 0 saturated heterocycles. The standard InChI is InChI=1S/C19H23N7O/c1-12-8-17(20-2)25-19(22-12)23-13-4-5-16(27-3)14(9-13)15-11-26-7-6-21-10-18(26)24-15/h4-5,8-9,11,21H,6-7,10H2,1-3H3,(H2,20,22,23,25). The van der Waals surface area contributed by atoms with Crippen molar-refractivity contribution in [1.29, 1.82) is 0 Å². The van der Waals surface area contributed by atoms with Gasteiger partial charge in [0, 0.05) is 49.3 Å². The third-order valence-electron chi connectivity index (χ3n) is 4.51. The molecule has 4 rings (SSSR count). The average Bonchev–Trinajstić information content (AvgIpc) is 3.11. The van der Waals surface area contributed by atoms with Gasteiger partial charge in [0.1, 0.15) is 17.4 Å². The molecule has 140 valence electrons. The zero-order valence-electron chi connectivity index (χ0n) is 15.7. The Morgan fingerprint density at radius 3 is 2.85 bits per heavy atom. The number of imidazole rings is 1. The number of aryl methyl sites for hydroxylation is 1. The van der Waals surface area contributed by atoms with Gasteiger partial charge < -0.3 is 25.3 Å². The highest BCUT2D eigenvalue weighted by atomic mass is 16.5. The van der Waals surface area contributed by atoms with Crippen molar-refractivity contribution in [2.45, 2.75) is 20.0 Å². The highest BCUT2D eigenvalue weighted by molar-refractivity contribution is 5.73. The van der Waals surface area contributed by atoms with Crippen LogP contribution in [0.5, 0.6) is 5.75 Å². The fourth-order valence-corrected chi connectivity index (χ4v) is 3.19. The molecule has 3 aromatic rings. The molecule has 1 aromatic carbocycles. The van der Waals surface area contributed by atoms with Crippen LogP contribution in [0.2, 0.25) is 0 Å². The van der Waals surface area contributed by atoms with E-state index in [0.717, 1.165) is 59.7 Å². The number of nitrogens with one attached hydrogen (secondary N) is 3. The summed E-state index contributed by atoms with van der Waals surface area (Å²) in [5, 5.41) is 9.67. The molecule has 8 nitrogen and oxygen atoms in total. The average molecular weight is 365 g/mol. The number of aromatic nitrogens is 4. The van der Waals surface area contributed by atoms with Gasteiger partial charge in [0.25, 0.3) is 0 Å². The molecule has 0 saturated carbocycles. The highest BCUT2D eigenvalue weighted by Crippen LogP contribution is 2.33. The summed E-state index contributed by atoms with van der Waals surface area (Å²) < 4.78 is 7.75. The summed E-state index contributed by atoms with van der Waals surface area (Å²) >= 11 is 0. The molecule has 2 aromatic heterocycles. The summed E-state index contributed by atoms with van der Waals surface area (Å²) in [4.78, 5) is 13.7. The number of rotatable bonds is 5. The van der Waals surface area contributed by atoms with Crippen molar-refractivity contribution < 1.29 is 4.74 Å². The van der Waals surface area contributed by atoms with E-state index in [1.807, 2.05) is 38.2 Å². The number of nitrogens with zero attached hydrogens (tertiary/aromatic N) is 4. The van der Waals surface area contributed by atoms with E-state index in [1.54, 1.807) is 7.11 Å². The lowest BCUT2D eigenvalue weighted by Gasteiger charge is -2.13. The van der Waals surface area contributed by atoms with Gasteiger partial charge in [-0.2, -0.15) is 4.98 Å². The molecular weight excluding hydrogens is 342 g/mol. The van der Waals surface area contributed by atoms with Crippen molar-refractivity contribution in [3.05, 3.63) is 42.0 Å². The van der Waals surface area contributed by atoms with Crippen molar-refractivity contribution in [2.24, 2.45) is 0 Å². The Bertz CT molecular complexity index is 943. The van der Waals surface area contributed by atoms with Crippen molar-refractivity contribution in [2.75, 3.05) is 31.3 Å². The Morgan fingerprint density at radius 2 is 2.07 bits per heavy atom. The van der Waals surface area contributed by atoms with Crippen LogP contribution in [-0.4, -0.2) is 40.2 Å². The summed E-state index contributed by atoms with van der Waals surface area (Å²) in [5.41, 5.74) is 3.60. The van der Waals surface area contributed by atoms with Gasteiger partial charge in [0.05, 0.1) is 19.3 Å². The number of hydrogen-bond acceptors (Lipinski definition) is 7. The molecule has 1 aliphatic rings. The number of benzene rings is 1. The second-order valence-corrected chi connectivity index (χ2v) is 6.42. The molecule has 0 spiro atoms. The van der Waals surface area contributed by atoms with Gasteiger partial charge in [-0.25, -0.2) is 9.97 Å². The summed E-state index contributed by atoms with van der Waals surface area (Å²) in [6, 6.07) is 7.80. The third kappa shape index (κ3) is 3.56.